The second-order valence-corrected chi connectivity index (χ2v) is 4.63. The lowest BCUT2D eigenvalue weighted by Crippen LogP contribution is -2.53. The van der Waals surface area contributed by atoms with Crippen LogP contribution >= 0.6 is 0 Å². The largest absolute Gasteiger partial charge is 0.481 e. The van der Waals surface area contributed by atoms with Crippen molar-refractivity contribution >= 4 is 5.97 Å². The molecule has 1 rings (SSSR count). The quantitative estimate of drug-likeness (QED) is 0.754. The van der Waals surface area contributed by atoms with Crippen LogP contribution in [0.2, 0.25) is 0 Å². The molecule has 0 aromatic rings. The van der Waals surface area contributed by atoms with Crippen LogP contribution in [0.5, 0.6) is 0 Å². The van der Waals surface area contributed by atoms with E-state index in [1.807, 2.05) is 0 Å². The van der Waals surface area contributed by atoms with Crippen LogP contribution in [0.1, 0.15) is 26.7 Å². The van der Waals surface area contributed by atoms with Gasteiger partial charge in [0.2, 0.25) is 0 Å². The zero-order chi connectivity index (χ0) is 11.4. The van der Waals surface area contributed by atoms with E-state index in [0.717, 1.165) is 26.1 Å². The lowest BCUT2D eigenvalue weighted by Gasteiger charge is -2.41. The summed E-state index contributed by atoms with van der Waals surface area (Å²) in [4.78, 5) is 15.2. The summed E-state index contributed by atoms with van der Waals surface area (Å²) in [6, 6.07) is 0.914. The molecule has 0 aliphatic carbocycles. The number of nitrogens with zero attached hydrogens (tertiary/aromatic N) is 2. The van der Waals surface area contributed by atoms with Crippen LogP contribution in [0.15, 0.2) is 0 Å². The summed E-state index contributed by atoms with van der Waals surface area (Å²) in [5, 5.41) is 8.64. The van der Waals surface area contributed by atoms with Crippen molar-refractivity contribution in [2.45, 2.75) is 38.8 Å². The van der Waals surface area contributed by atoms with Crippen LogP contribution in [0.3, 0.4) is 0 Å². The molecule has 4 heteroatoms. The first-order valence-electron chi connectivity index (χ1n) is 5.66. The number of carboxylic acids is 1. The van der Waals surface area contributed by atoms with E-state index in [4.69, 9.17) is 5.11 Å². The highest BCUT2D eigenvalue weighted by atomic mass is 16.4. The third kappa shape index (κ3) is 3.80. The molecule has 1 aliphatic heterocycles. The molecular formula is C11H22N2O2. The molecule has 1 saturated heterocycles. The van der Waals surface area contributed by atoms with Gasteiger partial charge < -0.3 is 10.0 Å². The number of hydrogen-bond donors (Lipinski definition) is 1. The maximum atomic E-state index is 10.5. The predicted octanol–water partition coefficient (Wildman–Crippen LogP) is 0.876. The third-order valence-corrected chi connectivity index (χ3v) is 3.22. The van der Waals surface area contributed by atoms with E-state index in [1.165, 1.54) is 0 Å². The van der Waals surface area contributed by atoms with Gasteiger partial charge in [-0.05, 0) is 27.3 Å². The number of rotatable bonds is 4. The maximum absolute atomic E-state index is 10.5. The van der Waals surface area contributed by atoms with Gasteiger partial charge in [-0.1, -0.05) is 0 Å². The van der Waals surface area contributed by atoms with E-state index in [0.29, 0.717) is 12.1 Å². The normalized spacial score (nSPS) is 26.5. The molecule has 0 radical (unpaired) electrons. The summed E-state index contributed by atoms with van der Waals surface area (Å²) in [6.45, 7) is 7.56. The van der Waals surface area contributed by atoms with Gasteiger partial charge in [0, 0.05) is 38.1 Å². The van der Waals surface area contributed by atoms with Crippen molar-refractivity contribution < 1.29 is 9.90 Å². The third-order valence-electron chi connectivity index (χ3n) is 3.22. The maximum Gasteiger partial charge on any atom is 0.303 e. The van der Waals surface area contributed by atoms with Gasteiger partial charge in [-0.25, -0.2) is 0 Å². The first-order chi connectivity index (χ1) is 7.00. The smallest absolute Gasteiger partial charge is 0.303 e. The summed E-state index contributed by atoms with van der Waals surface area (Å²) in [7, 11) is 2.13. The molecule has 0 saturated carbocycles. The zero-order valence-electron chi connectivity index (χ0n) is 9.94. The summed E-state index contributed by atoms with van der Waals surface area (Å²) in [5.41, 5.74) is 0. The first-order valence-corrected chi connectivity index (χ1v) is 5.66. The van der Waals surface area contributed by atoms with E-state index < -0.39 is 5.97 Å². The van der Waals surface area contributed by atoms with Crippen LogP contribution in [0.25, 0.3) is 0 Å². The second kappa shape index (κ2) is 5.47. The summed E-state index contributed by atoms with van der Waals surface area (Å²) in [6.07, 6.45) is 1.03. The fraction of sp³-hybridized carbons (Fsp3) is 0.909. The molecule has 1 fully saturated rings. The highest BCUT2D eigenvalue weighted by Gasteiger charge is 2.25. The van der Waals surface area contributed by atoms with Gasteiger partial charge >= 0.3 is 5.97 Å². The van der Waals surface area contributed by atoms with Crippen molar-refractivity contribution in [2.24, 2.45) is 0 Å². The Morgan fingerprint density at radius 1 is 1.53 bits per heavy atom. The Balaban J connectivity index is 2.38. The molecular weight excluding hydrogens is 192 g/mol. The van der Waals surface area contributed by atoms with Crippen LogP contribution in [-0.4, -0.2) is 59.6 Å². The topological polar surface area (TPSA) is 43.8 Å². The van der Waals surface area contributed by atoms with Crippen molar-refractivity contribution in [2.75, 3.05) is 26.7 Å². The molecule has 88 valence electrons. The monoisotopic (exact) mass is 214 g/mol. The fourth-order valence-electron chi connectivity index (χ4n) is 2.31. The molecule has 2 atom stereocenters. The van der Waals surface area contributed by atoms with Crippen LogP contribution in [0, 0.1) is 0 Å². The van der Waals surface area contributed by atoms with Crippen molar-refractivity contribution in [1.82, 2.24) is 9.80 Å². The van der Waals surface area contributed by atoms with Gasteiger partial charge in [-0.3, -0.25) is 9.69 Å². The zero-order valence-corrected chi connectivity index (χ0v) is 9.94. The van der Waals surface area contributed by atoms with Gasteiger partial charge in [0.25, 0.3) is 0 Å². The van der Waals surface area contributed by atoms with Gasteiger partial charge in [0.05, 0.1) is 0 Å². The Kier molecular flexibility index (Phi) is 4.54. The molecule has 1 aliphatic rings. The molecule has 4 nitrogen and oxygen atoms in total. The van der Waals surface area contributed by atoms with Gasteiger partial charge in [-0.15, -0.1) is 0 Å². The molecule has 15 heavy (non-hydrogen) atoms. The summed E-state index contributed by atoms with van der Waals surface area (Å²) >= 11 is 0. The van der Waals surface area contributed by atoms with Gasteiger partial charge in [-0.2, -0.15) is 0 Å². The second-order valence-electron chi connectivity index (χ2n) is 4.63. The molecule has 0 aromatic carbocycles. The number of carbonyl (C=O) groups is 1. The Morgan fingerprint density at radius 3 is 2.73 bits per heavy atom. The van der Waals surface area contributed by atoms with Crippen LogP contribution in [0.4, 0.5) is 0 Å². The van der Waals surface area contributed by atoms with Crippen molar-refractivity contribution in [3.05, 3.63) is 0 Å². The van der Waals surface area contributed by atoms with Crippen LogP contribution < -0.4 is 0 Å². The highest BCUT2D eigenvalue weighted by Crippen LogP contribution is 2.15. The minimum atomic E-state index is -0.691. The predicted molar refractivity (Wildman–Crippen MR) is 60.0 cm³/mol. The van der Waals surface area contributed by atoms with Gasteiger partial charge in [0.1, 0.15) is 0 Å². The Labute approximate surface area is 91.9 Å². The van der Waals surface area contributed by atoms with E-state index in [-0.39, 0.29) is 6.42 Å². The molecule has 0 bridgehead atoms. The lowest BCUT2D eigenvalue weighted by atomic mass is 10.1. The van der Waals surface area contributed by atoms with E-state index in [2.05, 4.69) is 30.7 Å². The molecule has 0 spiro atoms. The molecule has 2 unspecified atom stereocenters. The fourth-order valence-corrected chi connectivity index (χ4v) is 2.31. The Hall–Kier alpha value is -0.610. The average molecular weight is 214 g/mol. The van der Waals surface area contributed by atoms with E-state index in [9.17, 15) is 4.79 Å². The van der Waals surface area contributed by atoms with Crippen molar-refractivity contribution in [1.29, 1.82) is 0 Å². The first kappa shape index (κ1) is 12.5. The Morgan fingerprint density at radius 2 is 2.20 bits per heavy atom. The van der Waals surface area contributed by atoms with Crippen LogP contribution in [-0.2, 0) is 4.79 Å². The minimum absolute atomic E-state index is 0.278. The molecule has 1 N–H and O–H groups in total. The number of hydrogen-bond acceptors (Lipinski definition) is 3. The standard InChI is InChI=1S/C11H22N2O2/c1-9(4-5-11(14)15)13-7-6-12(3)8-10(13)2/h9-10H,4-8H2,1-3H3,(H,14,15). The average Bonchev–Trinajstić information content (AvgIpc) is 2.14. The highest BCUT2D eigenvalue weighted by molar-refractivity contribution is 5.66. The number of piperazine rings is 1. The number of aliphatic carboxylic acids is 1. The SMILES string of the molecule is CC(CCC(=O)O)N1CCN(C)CC1C. The number of carboxylic acid groups (broad SMARTS) is 1. The minimum Gasteiger partial charge on any atom is -0.481 e. The molecule has 1 heterocycles. The number of likely N-dealkylation sites (N-methyl/N-ethyl adjacent to an activating group) is 1. The summed E-state index contributed by atoms with van der Waals surface area (Å²) in [5.74, 6) is -0.691. The lowest BCUT2D eigenvalue weighted by molar-refractivity contribution is -0.137. The molecule has 0 amide bonds. The van der Waals surface area contributed by atoms with E-state index >= 15 is 0 Å². The van der Waals surface area contributed by atoms with Gasteiger partial charge in [0.15, 0.2) is 0 Å². The summed E-state index contributed by atoms with van der Waals surface area (Å²) < 4.78 is 0. The van der Waals surface area contributed by atoms with Crippen molar-refractivity contribution in [3.8, 4) is 0 Å². The Bertz CT molecular complexity index is 221. The van der Waals surface area contributed by atoms with E-state index in [1.54, 1.807) is 0 Å². The van der Waals surface area contributed by atoms with Crippen molar-refractivity contribution in [3.63, 3.8) is 0 Å². The molecule has 0 aromatic heterocycles.